The Labute approximate surface area is 212 Å². The first-order chi connectivity index (χ1) is 16.2. The first kappa shape index (κ1) is 22.6. The van der Waals surface area contributed by atoms with Gasteiger partial charge in [0, 0.05) is 27.7 Å². The van der Waals surface area contributed by atoms with Crippen molar-refractivity contribution in [2.45, 2.75) is 71.0 Å². The molecule has 178 valence electrons. The van der Waals surface area contributed by atoms with Crippen molar-refractivity contribution in [1.82, 2.24) is 20.3 Å². The number of nitrogens with zero attached hydrogens (tertiary/aromatic N) is 3. The molecule has 6 heteroatoms. The summed E-state index contributed by atoms with van der Waals surface area (Å²) in [7, 11) is 0. The van der Waals surface area contributed by atoms with Crippen LogP contribution in [0.3, 0.4) is 0 Å². The Morgan fingerprint density at radius 1 is 0.941 bits per heavy atom. The molecule has 1 N–H and O–H groups in total. The molecule has 4 aliphatic carbocycles. The topological polar surface area (TPSA) is 42.7 Å². The van der Waals surface area contributed by atoms with Crippen LogP contribution in [0, 0.1) is 16.7 Å². The Morgan fingerprint density at radius 2 is 1.68 bits per heavy atom. The molecule has 0 saturated heterocycles. The molecule has 4 aliphatic rings. The maximum absolute atomic E-state index is 6.44. The predicted octanol–water partition coefficient (Wildman–Crippen LogP) is 7.14. The van der Waals surface area contributed by atoms with Crippen LogP contribution < -0.4 is 5.32 Å². The van der Waals surface area contributed by atoms with Crippen LogP contribution in [0.4, 0.5) is 0 Å². The molecule has 4 nitrogen and oxygen atoms in total. The van der Waals surface area contributed by atoms with Crippen molar-refractivity contribution >= 4 is 23.2 Å². The Balaban J connectivity index is 1.29. The fourth-order valence-corrected chi connectivity index (χ4v) is 8.58. The van der Waals surface area contributed by atoms with Gasteiger partial charge in [-0.3, -0.25) is 0 Å². The van der Waals surface area contributed by atoms with Gasteiger partial charge >= 0.3 is 0 Å². The number of aromatic nitrogens is 3. The zero-order valence-corrected chi connectivity index (χ0v) is 21.5. The van der Waals surface area contributed by atoms with Crippen molar-refractivity contribution in [2.75, 3.05) is 0 Å². The van der Waals surface area contributed by atoms with Gasteiger partial charge in [-0.1, -0.05) is 73.4 Å². The molecule has 0 radical (unpaired) electrons. The molecule has 4 saturated carbocycles. The summed E-state index contributed by atoms with van der Waals surface area (Å²) in [5, 5.41) is 15.2. The van der Waals surface area contributed by atoms with Crippen molar-refractivity contribution in [1.29, 1.82) is 0 Å². The SMILES string of the molecule is C[C@]12CC3CC(NCc4nn(Cc5ccc(Cl)cc5Cl)nc4-c4ccccc4)(C1)C[C@@](C)(C3)C2. The molecule has 0 spiro atoms. The van der Waals surface area contributed by atoms with Crippen LogP contribution in [0.25, 0.3) is 11.3 Å². The minimum absolute atomic E-state index is 0.222. The van der Waals surface area contributed by atoms with Gasteiger partial charge in [-0.15, -0.1) is 0 Å². The summed E-state index contributed by atoms with van der Waals surface area (Å²) in [5.41, 5.74) is 5.18. The highest BCUT2D eigenvalue weighted by atomic mass is 35.5. The van der Waals surface area contributed by atoms with E-state index in [4.69, 9.17) is 33.4 Å². The lowest BCUT2D eigenvalue weighted by atomic mass is 9.43. The average molecular weight is 495 g/mol. The Hall–Kier alpha value is -1.88. The van der Waals surface area contributed by atoms with Crippen LogP contribution in [0.2, 0.25) is 10.0 Å². The van der Waals surface area contributed by atoms with Crippen LogP contribution in [0.5, 0.6) is 0 Å². The fraction of sp³-hybridized carbons (Fsp3) is 0.500. The maximum Gasteiger partial charge on any atom is 0.117 e. The van der Waals surface area contributed by atoms with Gasteiger partial charge in [-0.2, -0.15) is 15.0 Å². The minimum Gasteiger partial charge on any atom is -0.305 e. The van der Waals surface area contributed by atoms with E-state index in [1.807, 2.05) is 18.2 Å². The molecule has 7 rings (SSSR count). The van der Waals surface area contributed by atoms with E-state index in [1.165, 1.54) is 38.5 Å². The lowest BCUT2D eigenvalue weighted by molar-refractivity contribution is -0.118. The minimum atomic E-state index is 0.222. The summed E-state index contributed by atoms with van der Waals surface area (Å²) >= 11 is 12.5. The van der Waals surface area contributed by atoms with E-state index in [9.17, 15) is 0 Å². The summed E-state index contributed by atoms with van der Waals surface area (Å²) < 4.78 is 0. The second-order valence-electron chi connectivity index (χ2n) is 11.9. The largest absolute Gasteiger partial charge is 0.305 e. The molecule has 2 aromatic carbocycles. The molecule has 4 bridgehead atoms. The first-order valence-corrected chi connectivity index (χ1v) is 13.2. The molecule has 2 unspecified atom stereocenters. The third kappa shape index (κ3) is 4.19. The second kappa shape index (κ2) is 8.08. The quantitative estimate of drug-likeness (QED) is 0.395. The lowest BCUT2D eigenvalue weighted by Crippen LogP contribution is -2.63. The average Bonchev–Trinajstić information content (AvgIpc) is 3.15. The van der Waals surface area contributed by atoms with Crippen molar-refractivity contribution < 1.29 is 0 Å². The molecule has 4 atom stereocenters. The molecule has 3 aromatic rings. The highest BCUT2D eigenvalue weighted by molar-refractivity contribution is 6.35. The van der Waals surface area contributed by atoms with Crippen LogP contribution in [0.1, 0.15) is 63.6 Å². The van der Waals surface area contributed by atoms with E-state index in [0.29, 0.717) is 27.4 Å². The Bertz CT molecular complexity index is 1200. The van der Waals surface area contributed by atoms with Crippen molar-refractivity contribution in [3.63, 3.8) is 0 Å². The van der Waals surface area contributed by atoms with Gasteiger partial charge in [0.15, 0.2) is 0 Å². The molecule has 1 heterocycles. The van der Waals surface area contributed by atoms with E-state index in [2.05, 4.69) is 43.4 Å². The van der Waals surface area contributed by atoms with Crippen molar-refractivity contribution in [2.24, 2.45) is 16.7 Å². The standard InChI is InChI=1S/C28H32Cl2N4/c1-26-11-19-12-27(2,16-26)18-28(13-19,17-26)31-14-24-25(20-6-4-3-5-7-20)33-34(32-24)15-21-8-9-22(29)10-23(21)30/h3-10,19,31H,11-18H2,1-2H3/t19?,26-,27+,28?. The molecule has 1 aromatic heterocycles. The van der Waals surface area contributed by atoms with Crippen LogP contribution in [-0.2, 0) is 13.1 Å². The van der Waals surface area contributed by atoms with Gasteiger partial charge in [-0.05, 0) is 73.0 Å². The van der Waals surface area contributed by atoms with E-state index in [-0.39, 0.29) is 5.54 Å². The summed E-state index contributed by atoms with van der Waals surface area (Å²) in [5.74, 6) is 0.857. The Kier molecular flexibility index (Phi) is 5.36. The predicted molar refractivity (Wildman–Crippen MR) is 138 cm³/mol. The molecule has 0 amide bonds. The van der Waals surface area contributed by atoms with Gasteiger partial charge in [0.25, 0.3) is 0 Å². The first-order valence-electron chi connectivity index (χ1n) is 12.4. The van der Waals surface area contributed by atoms with E-state index in [1.54, 1.807) is 10.9 Å². The van der Waals surface area contributed by atoms with E-state index in [0.717, 1.165) is 35.0 Å². The normalized spacial score (nSPS) is 31.8. The zero-order valence-electron chi connectivity index (χ0n) is 20.0. The number of nitrogens with one attached hydrogen (secondary N) is 1. The summed E-state index contributed by atoms with van der Waals surface area (Å²) in [6.45, 7) is 6.29. The highest BCUT2D eigenvalue weighted by Crippen LogP contribution is 2.66. The van der Waals surface area contributed by atoms with Gasteiger partial charge < -0.3 is 5.32 Å². The van der Waals surface area contributed by atoms with E-state index < -0.39 is 0 Å². The smallest absolute Gasteiger partial charge is 0.117 e. The summed E-state index contributed by atoms with van der Waals surface area (Å²) in [4.78, 5) is 1.77. The second-order valence-corrected chi connectivity index (χ2v) is 12.7. The van der Waals surface area contributed by atoms with Crippen LogP contribution >= 0.6 is 23.2 Å². The number of benzene rings is 2. The van der Waals surface area contributed by atoms with Crippen LogP contribution in [0.15, 0.2) is 48.5 Å². The molecule has 4 fully saturated rings. The third-order valence-corrected chi connectivity index (χ3v) is 8.94. The van der Waals surface area contributed by atoms with Crippen molar-refractivity contribution in [3.8, 4) is 11.3 Å². The zero-order chi connectivity index (χ0) is 23.6. The Morgan fingerprint density at radius 3 is 2.35 bits per heavy atom. The highest BCUT2D eigenvalue weighted by Gasteiger charge is 2.59. The van der Waals surface area contributed by atoms with Gasteiger partial charge in [0.2, 0.25) is 0 Å². The number of halogens is 2. The van der Waals surface area contributed by atoms with Gasteiger partial charge in [0.05, 0.1) is 6.54 Å². The maximum atomic E-state index is 6.44. The van der Waals surface area contributed by atoms with Crippen molar-refractivity contribution in [3.05, 3.63) is 69.8 Å². The van der Waals surface area contributed by atoms with E-state index >= 15 is 0 Å². The lowest BCUT2D eigenvalue weighted by Gasteiger charge is -2.65. The monoisotopic (exact) mass is 494 g/mol. The fourth-order valence-electron chi connectivity index (χ4n) is 8.11. The molecular weight excluding hydrogens is 463 g/mol. The van der Waals surface area contributed by atoms with Gasteiger partial charge in [0.1, 0.15) is 11.4 Å². The van der Waals surface area contributed by atoms with Gasteiger partial charge in [-0.25, -0.2) is 0 Å². The number of hydrogen-bond acceptors (Lipinski definition) is 3. The summed E-state index contributed by atoms with van der Waals surface area (Å²) in [6.07, 6.45) is 8.04. The number of hydrogen-bond donors (Lipinski definition) is 1. The molecule has 0 aliphatic heterocycles. The summed E-state index contributed by atoms with van der Waals surface area (Å²) in [6, 6.07) is 16.0. The number of rotatable bonds is 6. The van der Waals surface area contributed by atoms with Crippen LogP contribution in [-0.4, -0.2) is 20.5 Å². The molecule has 34 heavy (non-hydrogen) atoms. The third-order valence-electron chi connectivity index (χ3n) is 8.36. The molecular formula is C28H32Cl2N4.